The Kier molecular flexibility index (Phi) is 4.33. The summed E-state index contributed by atoms with van der Waals surface area (Å²) in [6, 6.07) is 7.34. The van der Waals surface area contributed by atoms with Gasteiger partial charge in [0.1, 0.15) is 11.9 Å². The Balaban J connectivity index is 2.56. The second-order valence-electron chi connectivity index (χ2n) is 4.71. The molecule has 1 aromatic carbocycles. The van der Waals surface area contributed by atoms with Gasteiger partial charge in [0.2, 0.25) is 0 Å². The van der Waals surface area contributed by atoms with Crippen LogP contribution in [-0.4, -0.2) is 24.4 Å². The van der Waals surface area contributed by atoms with Gasteiger partial charge in [0.25, 0.3) is 0 Å². The Morgan fingerprint density at radius 3 is 2.19 bits per heavy atom. The summed E-state index contributed by atoms with van der Waals surface area (Å²) in [5.41, 5.74) is 0.609. The Morgan fingerprint density at radius 1 is 1.19 bits per heavy atom. The molecule has 0 radical (unpaired) electrons. The third-order valence-electron chi connectivity index (χ3n) is 2.17. The maximum Gasteiger partial charge on any atom is 0.118 e. The van der Waals surface area contributed by atoms with E-state index in [0.29, 0.717) is 6.61 Å². The van der Waals surface area contributed by atoms with Crippen molar-refractivity contribution in [1.82, 2.24) is 0 Å². The number of aliphatic hydroxyl groups excluding tert-OH is 1. The first-order valence-corrected chi connectivity index (χ1v) is 5.38. The van der Waals surface area contributed by atoms with Gasteiger partial charge in [0.15, 0.2) is 0 Å². The molecule has 0 aromatic heterocycles. The maximum atomic E-state index is 9.88. The molecule has 0 spiro atoms. The van der Waals surface area contributed by atoms with Gasteiger partial charge < -0.3 is 14.6 Å². The van der Waals surface area contributed by atoms with Crippen molar-refractivity contribution < 1.29 is 14.6 Å². The van der Waals surface area contributed by atoms with Crippen LogP contribution in [0.2, 0.25) is 0 Å². The average Bonchev–Trinajstić information content (AvgIpc) is 2.25. The molecule has 1 N–H and O–H groups in total. The Hall–Kier alpha value is -1.06. The molecular formula is C13H20O3. The van der Waals surface area contributed by atoms with Gasteiger partial charge >= 0.3 is 0 Å². The van der Waals surface area contributed by atoms with Gasteiger partial charge in [-0.05, 0) is 38.5 Å². The highest BCUT2D eigenvalue weighted by molar-refractivity contribution is 5.28. The van der Waals surface area contributed by atoms with E-state index >= 15 is 0 Å². The van der Waals surface area contributed by atoms with Crippen LogP contribution >= 0.6 is 0 Å². The van der Waals surface area contributed by atoms with Crippen LogP contribution in [0.4, 0.5) is 0 Å². The number of methoxy groups -OCH3 is 1. The molecule has 0 heterocycles. The molecule has 1 rings (SSSR count). The predicted octanol–water partition coefficient (Wildman–Crippen LogP) is 2.54. The zero-order valence-corrected chi connectivity index (χ0v) is 10.4. The smallest absolute Gasteiger partial charge is 0.118 e. The lowest BCUT2D eigenvalue weighted by Crippen LogP contribution is -2.22. The molecule has 0 aliphatic carbocycles. The van der Waals surface area contributed by atoms with Gasteiger partial charge in [-0.15, -0.1) is 0 Å². The van der Waals surface area contributed by atoms with Crippen molar-refractivity contribution in [3.63, 3.8) is 0 Å². The normalized spacial score (nSPS) is 13.6. The first-order valence-electron chi connectivity index (χ1n) is 5.38. The summed E-state index contributed by atoms with van der Waals surface area (Å²) in [5, 5.41) is 9.88. The third kappa shape index (κ3) is 4.21. The fourth-order valence-corrected chi connectivity index (χ4v) is 1.25. The van der Waals surface area contributed by atoms with Gasteiger partial charge in [0.05, 0.1) is 19.3 Å². The van der Waals surface area contributed by atoms with Crippen LogP contribution < -0.4 is 4.74 Å². The van der Waals surface area contributed by atoms with Crippen LogP contribution in [0.15, 0.2) is 24.3 Å². The zero-order valence-electron chi connectivity index (χ0n) is 10.4. The Bertz CT molecular complexity index is 311. The second kappa shape index (κ2) is 5.32. The van der Waals surface area contributed by atoms with Crippen LogP contribution in [0.3, 0.4) is 0 Å². The van der Waals surface area contributed by atoms with E-state index in [1.807, 2.05) is 45.0 Å². The van der Waals surface area contributed by atoms with Crippen LogP contribution in [0.1, 0.15) is 32.4 Å². The number of hydrogen-bond donors (Lipinski definition) is 1. The summed E-state index contributed by atoms with van der Waals surface area (Å²) in [4.78, 5) is 0. The lowest BCUT2D eigenvalue weighted by atomic mass is 10.1. The lowest BCUT2D eigenvalue weighted by Gasteiger charge is -2.22. The fourth-order valence-electron chi connectivity index (χ4n) is 1.25. The average molecular weight is 224 g/mol. The molecule has 16 heavy (non-hydrogen) atoms. The van der Waals surface area contributed by atoms with Gasteiger partial charge in [-0.1, -0.05) is 12.1 Å². The molecule has 1 atom stereocenters. The largest absolute Gasteiger partial charge is 0.497 e. The van der Waals surface area contributed by atoms with Crippen molar-refractivity contribution in [3.8, 4) is 5.75 Å². The molecule has 1 aromatic rings. The summed E-state index contributed by atoms with van der Waals surface area (Å²) in [6.45, 7) is 6.20. The highest BCUT2D eigenvalue weighted by Gasteiger charge is 2.14. The predicted molar refractivity (Wildman–Crippen MR) is 63.7 cm³/mol. The first-order chi connectivity index (χ1) is 7.42. The van der Waals surface area contributed by atoms with Crippen LogP contribution in [0, 0.1) is 0 Å². The van der Waals surface area contributed by atoms with E-state index in [9.17, 15) is 5.11 Å². The molecule has 0 fully saturated rings. The molecule has 0 bridgehead atoms. The summed E-state index contributed by atoms with van der Waals surface area (Å²) in [7, 11) is 1.62. The molecular weight excluding hydrogens is 204 g/mol. The van der Waals surface area contributed by atoms with Gasteiger partial charge in [0, 0.05) is 0 Å². The van der Waals surface area contributed by atoms with E-state index in [2.05, 4.69) is 0 Å². The van der Waals surface area contributed by atoms with Crippen molar-refractivity contribution in [2.75, 3.05) is 13.7 Å². The molecule has 0 aliphatic rings. The second-order valence-corrected chi connectivity index (χ2v) is 4.71. The Morgan fingerprint density at radius 2 is 1.75 bits per heavy atom. The van der Waals surface area contributed by atoms with Crippen LogP contribution in [0.5, 0.6) is 5.75 Å². The zero-order chi connectivity index (χ0) is 12.2. The number of aliphatic hydroxyl groups is 1. The third-order valence-corrected chi connectivity index (χ3v) is 2.17. The molecule has 0 saturated heterocycles. The minimum absolute atomic E-state index is 0.229. The van der Waals surface area contributed by atoms with E-state index in [4.69, 9.17) is 9.47 Å². The highest BCUT2D eigenvalue weighted by Crippen LogP contribution is 2.19. The Labute approximate surface area is 97.0 Å². The maximum absolute atomic E-state index is 9.88. The molecule has 90 valence electrons. The number of ether oxygens (including phenoxy) is 2. The van der Waals surface area contributed by atoms with Crippen molar-refractivity contribution in [2.45, 2.75) is 32.5 Å². The minimum atomic E-state index is -0.592. The highest BCUT2D eigenvalue weighted by atomic mass is 16.5. The van der Waals surface area contributed by atoms with E-state index < -0.39 is 6.10 Å². The summed E-state index contributed by atoms with van der Waals surface area (Å²) in [5.74, 6) is 0.785. The van der Waals surface area contributed by atoms with E-state index in [1.54, 1.807) is 7.11 Å². The van der Waals surface area contributed by atoms with Crippen molar-refractivity contribution in [3.05, 3.63) is 29.8 Å². The first kappa shape index (κ1) is 13.0. The number of hydrogen-bond acceptors (Lipinski definition) is 3. The van der Waals surface area contributed by atoms with Crippen molar-refractivity contribution in [2.24, 2.45) is 0 Å². The molecule has 3 heteroatoms. The number of rotatable bonds is 4. The molecule has 0 aliphatic heterocycles. The summed E-state index contributed by atoms with van der Waals surface area (Å²) in [6.07, 6.45) is -0.592. The van der Waals surface area contributed by atoms with E-state index in [-0.39, 0.29) is 5.60 Å². The van der Waals surface area contributed by atoms with Gasteiger partial charge in [-0.25, -0.2) is 0 Å². The standard InChI is InChI=1S/C13H20O3/c1-13(2,3)16-9-12(14)10-5-7-11(15-4)8-6-10/h5-8,12,14H,9H2,1-4H3. The monoisotopic (exact) mass is 224 g/mol. The molecule has 0 amide bonds. The lowest BCUT2D eigenvalue weighted by molar-refractivity contribution is -0.0496. The van der Waals surface area contributed by atoms with E-state index in [1.165, 1.54) is 0 Å². The fraction of sp³-hybridized carbons (Fsp3) is 0.538. The van der Waals surface area contributed by atoms with Gasteiger partial charge in [-0.2, -0.15) is 0 Å². The van der Waals surface area contributed by atoms with Crippen LogP contribution in [0.25, 0.3) is 0 Å². The quantitative estimate of drug-likeness (QED) is 0.854. The number of benzene rings is 1. The van der Waals surface area contributed by atoms with Crippen molar-refractivity contribution >= 4 is 0 Å². The van der Waals surface area contributed by atoms with Crippen molar-refractivity contribution in [1.29, 1.82) is 0 Å². The SMILES string of the molecule is COc1ccc(C(O)COC(C)(C)C)cc1. The summed E-state index contributed by atoms with van der Waals surface area (Å²) >= 11 is 0. The molecule has 0 saturated carbocycles. The summed E-state index contributed by atoms with van der Waals surface area (Å²) < 4.78 is 10.6. The van der Waals surface area contributed by atoms with Crippen LogP contribution in [-0.2, 0) is 4.74 Å². The van der Waals surface area contributed by atoms with E-state index in [0.717, 1.165) is 11.3 Å². The minimum Gasteiger partial charge on any atom is -0.497 e. The van der Waals surface area contributed by atoms with Gasteiger partial charge in [-0.3, -0.25) is 0 Å². The molecule has 3 nitrogen and oxygen atoms in total. The molecule has 1 unspecified atom stereocenters. The topological polar surface area (TPSA) is 38.7 Å².